The van der Waals surface area contributed by atoms with E-state index in [9.17, 15) is 9.59 Å². The lowest BCUT2D eigenvalue weighted by Gasteiger charge is -2.06. The van der Waals surface area contributed by atoms with Crippen LogP contribution in [0.5, 0.6) is 0 Å². The van der Waals surface area contributed by atoms with Crippen LogP contribution in [0, 0.1) is 0 Å². The number of hydrogen-bond donors (Lipinski definition) is 1. The van der Waals surface area contributed by atoms with Gasteiger partial charge in [0.15, 0.2) is 0 Å². The maximum atomic E-state index is 11.0. The second-order valence-electron chi connectivity index (χ2n) is 2.83. The Labute approximate surface area is 75.5 Å². The quantitative estimate of drug-likeness (QED) is 0.401. The van der Waals surface area contributed by atoms with Gasteiger partial charge in [0.2, 0.25) is 0 Å². The van der Waals surface area contributed by atoms with E-state index < -0.39 is 18.0 Å². The van der Waals surface area contributed by atoms with Crippen LogP contribution in [0.25, 0.3) is 0 Å². The molecule has 0 bridgehead atoms. The highest BCUT2D eigenvalue weighted by molar-refractivity contribution is 5.82. The van der Waals surface area contributed by atoms with Crippen molar-refractivity contribution in [1.82, 2.24) is 0 Å². The first-order valence-corrected chi connectivity index (χ1v) is 3.84. The molecule has 1 unspecified atom stereocenters. The van der Waals surface area contributed by atoms with E-state index in [4.69, 9.17) is 15.2 Å². The number of carbonyl (C=O) groups is 2. The van der Waals surface area contributed by atoms with Crippen LogP contribution in [0.4, 0.5) is 0 Å². The van der Waals surface area contributed by atoms with Crippen LogP contribution in [0.3, 0.4) is 0 Å². The van der Waals surface area contributed by atoms with Gasteiger partial charge in [-0.2, -0.15) is 0 Å². The molecule has 2 N–H and O–H groups in total. The molecule has 1 aliphatic rings. The molecule has 5 nitrogen and oxygen atoms in total. The first-order chi connectivity index (χ1) is 6.09. The van der Waals surface area contributed by atoms with Crippen LogP contribution in [0.1, 0.15) is 6.42 Å². The SMILES string of the molecule is C=C1COC(=O)CC(N)C(=O)OC1. The van der Waals surface area contributed by atoms with Crippen molar-refractivity contribution in [2.45, 2.75) is 12.5 Å². The standard InChI is InChI=1S/C8H11NO4/c1-5-3-12-7(10)2-6(9)8(11)13-4-5/h6H,1-4,9H2. The normalized spacial score (nSPS) is 25.3. The molecule has 1 heterocycles. The predicted octanol–water partition coefficient (Wildman–Crippen LogP) is -0.640. The molecule has 1 aliphatic heterocycles. The van der Waals surface area contributed by atoms with Crippen LogP contribution in [0.15, 0.2) is 12.2 Å². The minimum Gasteiger partial charge on any atom is -0.461 e. The molecule has 5 heteroatoms. The van der Waals surface area contributed by atoms with Crippen molar-refractivity contribution in [2.75, 3.05) is 13.2 Å². The Morgan fingerprint density at radius 3 is 2.62 bits per heavy atom. The molecule has 13 heavy (non-hydrogen) atoms. The van der Waals surface area contributed by atoms with Crippen LogP contribution < -0.4 is 5.73 Å². The van der Waals surface area contributed by atoms with E-state index in [0.717, 1.165) is 0 Å². The van der Waals surface area contributed by atoms with Crippen molar-refractivity contribution in [1.29, 1.82) is 0 Å². The Hall–Kier alpha value is -1.36. The first-order valence-electron chi connectivity index (χ1n) is 3.84. The summed E-state index contributed by atoms with van der Waals surface area (Å²) in [5.74, 6) is -1.10. The molecule has 1 fully saturated rings. The number of esters is 2. The lowest BCUT2D eigenvalue weighted by atomic mass is 10.2. The molecule has 1 atom stereocenters. The summed E-state index contributed by atoms with van der Waals surface area (Å²) in [5, 5.41) is 0. The zero-order valence-electron chi connectivity index (χ0n) is 7.12. The molecule has 0 aromatic heterocycles. The van der Waals surface area contributed by atoms with Gasteiger partial charge in [0.05, 0.1) is 6.42 Å². The van der Waals surface area contributed by atoms with Gasteiger partial charge < -0.3 is 15.2 Å². The molecular weight excluding hydrogens is 174 g/mol. The van der Waals surface area contributed by atoms with Gasteiger partial charge in [-0.05, 0) is 5.57 Å². The minimum atomic E-state index is -0.932. The Morgan fingerprint density at radius 1 is 1.31 bits per heavy atom. The van der Waals surface area contributed by atoms with Crippen molar-refractivity contribution >= 4 is 11.9 Å². The summed E-state index contributed by atoms with van der Waals surface area (Å²) in [5.41, 5.74) is 5.89. The molecule has 0 saturated carbocycles. The van der Waals surface area contributed by atoms with Crippen molar-refractivity contribution < 1.29 is 19.1 Å². The van der Waals surface area contributed by atoms with Crippen LogP contribution in [-0.2, 0) is 19.1 Å². The minimum absolute atomic E-state index is 0.0554. The number of carbonyl (C=O) groups excluding carboxylic acids is 2. The van der Waals surface area contributed by atoms with E-state index in [0.29, 0.717) is 5.57 Å². The van der Waals surface area contributed by atoms with Gasteiger partial charge in [-0.15, -0.1) is 0 Å². The molecule has 0 aliphatic carbocycles. The van der Waals surface area contributed by atoms with E-state index in [1.54, 1.807) is 0 Å². The Bertz CT molecular complexity index is 249. The number of rotatable bonds is 0. The van der Waals surface area contributed by atoms with Gasteiger partial charge in [0, 0.05) is 0 Å². The first kappa shape index (κ1) is 9.73. The fourth-order valence-electron chi connectivity index (χ4n) is 0.826. The summed E-state index contributed by atoms with van der Waals surface area (Å²) in [4.78, 5) is 22.0. The Morgan fingerprint density at radius 2 is 1.92 bits per heavy atom. The molecule has 0 amide bonds. The van der Waals surface area contributed by atoms with Gasteiger partial charge in [0.1, 0.15) is 19.3 Å². The summed E-state index contributed by atoms with van der Waals surface area (Å²) < 4.78 is 9.48. The molecule has 72 valence electrons. The van der Waals surface area contributed by atoms with Crippen molar-refractivity contribution in [3.05, 3.63) is 12.2 Å². The third-order valence-corrected chi connectivity index (χ3v) is 1.55. The van der Waals surface area contributed by atoms with Gasteiger partial charge in [-0.1, -0.05) is 6.58 Å². The van der Waals surface area contributed by atoms with Crippen LogP contribution in [-0.4, -0.2) is 31.2 Å². The average Bonchev–Trinajstić information content (AvgIpc) is 2.13. The lowest BCUT2D eigenvalue weighted by molar-refractivity contribution is -0.148. The predicted molar refractivity (Wildman–Crippen MR) is 43.7 cm³/mol. The zero-order valence-corrected chi connectivity index (χ0v) is 7.12. The molecule has 0 aromatic rings. The summed E-state index contributed by atoms with van der Waals surface area (Å²) in [6.45, 7) is 3.69. The highest BCUT2D eigenvalue weighted by Gasteiger charge is 2.22. The average molecular weight is 185 g/mol. The fourth-order valence-corrected chi connectivity index (χ4v) is 0.826. The van der Waals surface area contributed by atoms with E-state index in [-0.39, 0.29) is 19.6 Å². The third-order valence-electron chi connectivity index (χ3n) is 1.55. The van der Waals surface area contributed by atoms with Gasteiger partial charge >= 0.3 is 11.9 Å². The second-order valence-corrected chi connectivity index (χ2v) is 2.83. The monoisotopic (exact) mass is 185 g/mol. The van der Waals surface area contributed by atoms with Crippen LogP contribution in [0.2, 0.25) is 0 Å². The lowest BCUT2D eigenvalue weighted by Crippen LogP contribution is -2.34. The van der Waals surface area contributed by atoms with Crippen LogP contribution >= 0.6 is 0 Å². The Balaban J connectivity index is 2.64. The summed E-state index contributed by atoms with van der Waals surface area (Å²) >= 11 is 0. The fraction of sp³-hybridized carbons (Fsp3) is 0.500. The third kappa shape index (κ3) is 2.87. The van der Waals surface area contributed by atoms with E-state index in [1.165, 1.54) is 0 Å². The van der Waals surface area contributed by atoms with Crippen molar-refractivity contribution in [2.24, 2.45) is 5.73 Å². The largest absolute Gasteiger partial charge is 0.461 e. The molecule has 1 rings (SSSR count). The highest BCUT2D eigenvalue weighted by atomic mass is 16.5. The Kier molecular flexibility index (Phi) is 3.02. The summed E-state index contributed by atoms with van der Waals surface area (Å²) in [6, 6.07) is -0.932. The second kappa shape index (κ2) is 4.04. The number of hydrogen-bond acceptors (Lipinski definition) is 5. The number of cyclic esters (lactones) is 2. The zero-order chi connectivity index (χ0) is 9.84. The topological polar surface area (TPSA) is 78.6 Å². The van der Waals surface area contributed by atoms with E-state index in [2.05, 4.69) is 6.58 Å². The van der Waals surface area contributed by atoms with E-state index >= 15 is 0 Å². The molecular formula is C8H11NO4. The highest BCUT2D eigenvalue weighted by Crippen LogP contribution is 2.03. The van der Waals surface area contributed by atoms with Gasteiger partial charge in [-0.3, -0.25) is 9.59 Å². The molecule has 0 radical (unpaired) electrons. The number of ether oxygens (including phenoxy) is 2. The molecule has 1 saturated heterocycles. The van der Waals surface area contributed by atoms with Gasteiger partial charge in [0.25, 0.3) is 0 Å². The smallest absolute Gasteiger partial charge is 0.323 e. The van der Waals surface area contributed by atoms with Gasteiger partial charge in [-0.25, -0.2) is 0 Å². The number of nitrogens with two attached hydrogens (primary N) is 1. The summed E-state index contributed by atoms with van der Waals surface area (Å²) in [6.07, 6.45) is -0.147. The molecule has 0 aromatic carbocycles. The van der Waals surface area contributed by atoms with Crippen molar-refractivity contribution in [3.63, 3.8) is 0 Å². The van der Waals surface area contributed by atoms with E-state index in [1.807, 2.05) is 0 Å². The van der Waals surface area contributed by atoms with Crippen molar-refractivity contribution in [3.8, 4) is 0 Å². The molecule has 0 spiro atoms. The maximum Gasteiger partial charge on any atom is 0.323 e. The summed E-state index contributed by atoms with van der Waals surface area (Å²) in [7, 11) is 0. The maximum absolute atomic E-state index is 11.0.